The Labute approximate surface area is 106 Å². The van der Waals surface area contributed by atoms with E-state index in [1.807, 2.05) is 11.4 Å². The third-order valence-corrected chi connectivity index (χ3v) is 5.97. The lowest BCUT2D eigenvalue weighted by atomic mass is 10.0. The van der Waals surface area contributed by atoms with Crippen LogP contribution in [0.5, 0.6) is 0 Å². The zero-order valence-electron chi connectivity index (χ0n) is 9.73. The molecule has 0 saturated heterocycles. The summed E-state index contributed by atoms with van der Waals surface area (Å²) in [5, 5.41) is 14.5. The number of nitriles is 1. The number of hydrogen-bond acceptors (Lipinski definition) is 3. The van der Waals surface area contributed by atoms with Gasteiger partial charge in [-0.2, -0.15) is 5.26 Å². The maximum atomic E-state index is 8.79. The summed E-state index contributed by atoms with van der Waals surface area (Å²) < 4.78 is 0. The monoisotopic (exact) mass is 244 g/mol. The summed E-state index contributed by atoms with van der Waals surface area (Å²) in [5.41, 5.74) is 0.808. The molecule has 1 aromatic heterocycles. The van der Waals surface area contributed by atoms with E-state index in [0.29, 0.717) is 0 Å². The first-order valence-electron chi connectivity index (χ1n) is 6.57. The highest BCUT2D eigenvalue weighted by atomic mass is 32.1. The highest BCUT2D eigenvalue weighted by Gasteiger charge is 2.64. The van der Waals surface area contributed by atoms with Gasteiger partial charge >= 0.3 is 0 Å². The molecule has 1 N–H and O–H groups in total. The molecule has 1 aromatic rings. The van der Waals surface area contributed by atoms with Crippen LogP contribution in [-0.2, 0) is 6.54 Å². The fourth-order valence-electron chi connectivity index (χ4n) is 4.35. The van der Waals surface area contributed by atoms with Gasteiger partial charge in [-0.3, -0.25) is 0 Å². The molecule has 3 aliphatic rings. The van der Waals surface area contributed by atoms with E-state index in [9.17, 15) is 0 Å². The van der Waals surface area contributed by atoms with Crippen molar-refractivity contribution in [2.24, 2.45) is 23.7 Å². The lowest BCUT2D eigenvalue weighted by Crippen LogP contribution is -2.21. The summed E-state index contributed by atoms with van der Waals surface area (Å²) in [6, 6.07) is 5.02. The molecule has 88 valence electrons. The maximum absolute atomic E-state index is 8.79. The van der Waals surface area contributed by atoms with Gasteiger partial charge in [-0.15, -0.1) is 11.3 Å². The Bertz CT molecular complexity index is 471. The predicted molar refractivity (Wildman–Crippen MR) is 67.5 cm³/mol. The number of hydrogen-bond donors (Lipinski definition) is 1. The number of rotatable bonds is 3. The van der Waals surface area contributed by atoms with Crippen molar-refractivity contribution in [1.29, 1.82) is 5.26 Å². The topological polar surface area (TPSA) is 35.8 Å². The van der Waals surface area contributed by atoms with Gasteiger partial charge in [0.15, 0.2) is 0 Å². The molecule has 3 aliphatic carbocycles. The van der Waals surface area contributed by atoms with Crippen LogP contribution >= 0.6 is 11.3 Å². The molecule has 3 saturated carbocycles. The van der Waals surface area contributed by atoms with E-state index >= 15 is 0 Å². The van der Waals surface area contributed by atoms with E-state index in [1.165, 1.54) is 24.1 Å². The average Bonchev–Trinajstić information content (AvgIpc) is 2.81. The van der Waals surface area contributed by atoms with Crippen molar-refractivity contribution >= 4 is 11.3 Å². The van der Waals surface area contributed by atoms with Gasteiger partial charge < -0.3 is 5.32 Å². The number of nitrogens with one attached hydrogen (secondary N) is 1. The molecule has 0 aromatic carbocycles. The Morgan fingerprint density at radius 1 is 1.35 bits per heavy atom. The summed E-state index contributed by atoms with van der Waals surface area (Å²) in [6.45, 7) is 0.962. The van der Waals surface area contributed by atoms with Gasteiger partial charge in [-0.1, -0.05) is 0 Å². The van der Waals surface area contributed by atoms with E-state index < -0.39 is 0 Å². The molecule has 1 heterocycles. The molecule has 2 bridgehead atoms. The molecule has 3 heteroatoms. The number of fused-ring (bicyclic) bond motifs is 5. The van der Waals surface area contributed by atoms with Crippen molar-refractivity contribution in [2.75, 3.05) is 0 Å². The molecular weight excluding hydrogens is 228 g/mol. The molecule has 17 heavy (non-hydrogen) atoms. The van der Waals surface area contributed by atoms with E-state index in [1.54, 1.807) is 11.3 Å². The van der Waals surface area contributed by atoms with Crippen LogP contribution in [0.3, 0.4) is 0 Å². The van der Waals surface area contributed by atoms with Gasteiger partial charge in [0, 0.05) is 22.8 Å². The van der Waals surface area contributed by atoms with Crippen molar-refractivity contribution in [3.8, 4) is 6.07 Å². The van der Waals surface area contributed by atoms with Crippen molar-refractivity contribution < 1.29 is 0 Å². The van der Waals surface area contributed by atoms with Gasteiger partial charge in [-0.05, 0) is 49.0 Å². The maximum Gasteiger partial charge on any atom is 0.100 e. The highest BCUT2D eigenvalue weighted by Crippen LogP contribution is 2.65. The van der Waals surface area contributed by atoms with Crippen molar-refractivity contribution in [2.45, 2.75) is 31.8 Å². The highest BCUT2D eigenvalue weighted by molar-refractivity contribution is 7.10. The second kappa shape index (κ2) is 3.57. The van der Waals surface area contributed by atoms with E-state index in [0.717, 1.165) is 41.8 Å². The van der Waals surface area contributed by atoms with Crippen LogP contribution in [0.2, 0.25) is 0 Å². The Morgan fingerprint density at radius 2 is 2.12 bits per heavy atom. The normalized spacial score (nSPS) is 41.2. The summed E-state index contributed by atoms with van der Waals surface area (Å²) in [7, 11) is 0. The Balaban J connectivity index is 1.37. The quantitative estimate of drug-likeness (QED) is 0.887. The molecular formula is C14H16N2S. The standard InChI is InChI=1S/C14H16N2S/c15-5-8-3-11(17-7-8)6-16-14-12-9-1-2-10(4-9)13(12)14/h3,7,9-10,12-14,16H,1-2,4,6H2. The van der Waals surface area contributed by atoms with Gasteiger partial charge in [-0.25, -0.2) is 0 Å². The fraction of sp³-hybridized carbons (Fsp3) is 0.643. The minimum absolute atomic E-state index is 0.800. The van der Waals surface area contributed by atoms with Crippen LogP contribution in [0, 0.1) is 35.0 Å². The van der Waals surface area contributed by atoms with Crippen molar-refractivity contribution in [3.63, 3.8) is 0 Å². The second-order valence-electron chi connectivity index (χ2n) is 5.81. The zero-order chi connectivity index (χ0) is 11.4. The lowest BCUT2D eigenvalue weighted by Gasteiger charge is -2.09. The molecule has 4 unspecified atom stereocenters. The summed E-state index contributed by atoms with van der Waals surface area (Å²) in [4.78, 5) is 1.30. The Morgan fingerprint density at radius 3 is 2.76 bits per heavy atom. The third kappa shape index (κ3) is 1.47. The van der Waals surface area contributed by atoms with Crippen molar-refractivity contribution in [3.05, 3.63) is 21.9 Å². The first kappa shape index (κ1) is 10.1. The molecule has 4 atom stereocenters. The molecule has 0 aliphatic heterocycles. The molecule has 2 nitrogen and oxygen atoms in total. The Kier molecular flexibility index (Phi) is 2.12. The number of thiophene rings is 1. The second-order valence-corrected chi connectivity index (χ2v) is 6.80. The molecule has 3 fully saturated rings. The average molecular weight is 244 g/mol. The van der Waals surface area contributed by atoms with Crippen LogP contribution < -0.4 is 5.32 Å². The fourth-order valence-corrected chi connectivity index (χ4v) is 5.11. The first-order chi connectivity index (χ1) is 8.36. The SMILES string of the molecule is N#Cc1csc(CNC2C3C4CCC(C4)C23)c1. The minimum Gasteiger partial charge on any atom is -0.309 e. The van der Waals surface area contributed by atoms with Crippen molar-refractivity contribution in [1.82, 2.24) is 5.32 Å². The number of nitrogens with zero attached hydrogens (tertiary/aromatic N) is 1. The van der Waals surface area contributed by atoms with Gasteiger partial charge in [0.2, 0.25) is 0 Å². The minimum atomic E-state index is 0.800. The molecule has 0 radical (unpaired) electrons. The largest absolute Gasteiger partial charge is 0.309 e. The third-order valence-electron chi connectivity index (χ3n) is 5.03. The van der Waals surface area contributed by atoms with Crippen LogP contribution in [0.15, 0.2) is 11.4 Å². The Hall–Kier alpha value is -0.850. The smallest absolute Gasteiger partial charge is 0.100 e. The van der Waals surface area contributed by atoms with E-state index in [-0.39, 0.29) is 0 Å². The van der Waals surface area contributed by atoms with Gasteiger partial charge in [0.25, 0.3) is 0 Å². The van der Waals surface area contributed by atoms with Gasteiger partial charge in [0.1, 0.15) is 6.07 Å². The summed E-state index contributed by atoms with van der Waals surface area (Å²) in [6.07, 6.45) is 4.49. The van der Waals surface area contributed by atoms with Crippen LogP contribution in [0.1, 0.15) is 29.7 Å². The first-order valence-corrected chi connectivity index (χ1v) is 7.45. The van der Waals surface area contributed by atoms with E-state index in [4.69, 9.17) is 5.26 Å². The predicted octanol–water partition coefficient (Wildman–Crippen LogP) is 2.75. The van der Waals surface area contributed by atoms with Gasteiger partial charge in [0.05, 0.1) is 5.56 Å². The summed E-state index contributed by atoms with van der Waals surface area (Å²) in [5.74, 6) is 4.09. The molecule has 4 rings (SSSR count). The molecule has 0 amide bonds. The van der Waals surface area contributed by atoms with E-state index in [2.05, 4.69) is 11.4 Å². The lowest BCUT2D eigenvalue weighted by molar-refractivity contribution is 0.456. The van der Waals surface area contributed by atoms with Crippen LogP contribution in [0.4, 0.5) is 0 Å². The van der Waals surface area contributed by atoms with Crippen LogP contribution in [-0.4, -0.2) is 6.04 Å². The summed E-state index contributed by atoms with van der Waals surface area (Å²) >= 11 is 1.70. The zero-order valence-corrected chi connectivity index (χ0v) is 10.5. The molecule has 0 spiro atoms. The van der Waals surface area contributed by atoms with Crippen LogP contribution in [0.25, 0.3) is 0 Å².